The van der Waals surface area contributed by atoms with Gasteiger partial charge in [0.1, 0.15) is 12.0 Å². The minimum atomic E-state index is -0.711. The van der Waals surface area contributed by atoms with Crippen LogP contribution in [-0.2, 0) is 14.3 Å². The van der Waals surface area contributed by atoms with Gasteiger partial charge in [0.2, 0.25) is 0 Å². The van der Waals surface area contributed by atoms with E-state index in [1.807, 2.05) is 6.07 Å². The number of hydrogen-bond donors (Lipinski definition) is 1. The maximum absolute atomic E-state index is 12.1. The van der Waals surface area contributed by atoms with Crippen LogP contribution in [0.15, 0.2) is 30.3 Å². The van der Waals surface area contributed by atoms with Gasteiger partial charge >= 0.3 is 0 Å². The van der Waals surface area contributed by atoms with Gasteiger partial charge in [-0.15, -0.1) is 0 Å². The Bertz CT molecular complexity index is 438. The first kappa shape index (κ1) is 12.9. The fourth-order valence-corrected chi connectivity index (χ4v) is 2.14. The molecule has 0 amide bonds. The largest absolute Gasteiger partial charge is 0.391 e. The van der Waals surface area contributed by atoms with E-state index in [-0.39, 0.29) is 24.6 Å². The van der Waals surface area contributed by atoms with E-state index in [2.05, 4.69) is 0 Å². The molecule has 0 aliphatic heterocycles. The Morgan fingerprint density at radius 3 is 2.61 bits per heavy atom. The molecule has 4 heteroatoms. The fraction of sp³-hybridized carbons (Fsp3) is 0.429. The monoisotopic (exact) mass is 248 g/mol. The Kier molecular flexibility index (Phi) is 3.89. The molecule has 1 fully saturated rings. The van der Waals surface area contributed by atoms with Gasteiger partial charge in [0.25, 0.3) is 0 Å². The van der Waals surface area contributed by atoms with E-state index in [1.165, 1.54) is 0 Å². The van der Waals surface area contributed by atoms with Gasteiger partial charge in [0.05, 0.1) is 12.7 Å². The van der Waals surface area contributed by atoms with Crippen LogP contribution in [0.2, 0.25) is 0 Å². The minimum absolute atomic E-state index is 0.0746. The number of aliphatic hydroxyl groups excluding tert-OH is 1. The van der Waals surface area contributed by atoms with E-state index in [9.17, 15) is 9.59 Å². The molecular weight excluding hydrogens is 232 g/mol. The third-order valence-electron chi connectivity index (χ3n) is 2.98. The third kappa shape index (κ3) is 2.66. The van der Waals surface area contributed by atoms with Crippen molar-refractivity contribution in [1.82, 2.24) is 0 Å². The molecule has 18 heavy (non-hydrogen) atoms. The Balaban J connectivity index is 2.10. The highest BCUT2D eigenvalue weighted by atomic mass is 16.5. The van der Waals surface area contributed by atoms with Crippen molar-refractivity contribution in [3.8, 4) is 0 Å². The number of carbonyl (C=O) groups is 2. The van der Waals surface area contributed by atoms with E-state index in [0.29, 0.717) is 0 Å². The standard InChI is InChI=1S/C14H16O4/c1-9(15)8-18-12-7-11(16)13(14(12)17)10-5-3-2-4-6-10/h2-6,9,12-13,15H,7-8H2,1H3. The summed E-state index contributed by atoms with van der Waals surface area (Å²) >= 11 is 0. The third-order valence-corrected chi connectivity index (χ3v) is 2.98. The van der Waals surface area contributed by atoms with Crippen LogP contribution in [0.4, 0.5) is 0 Å². The molecule has 96 valence electrons. The molecule has 1 aliphatic carbocycles. The maximum Gasteiger partial charge on any atom is 0.176 e. The summed E-state index contributed by atoms with van der Waals surface area (Å²) in [5.41, 5.74) is 0.718. The smallest absolute Gasteiger partial charge is 0.176 e. The number of rotatable bonds is 4. The Morgan fingerprint density at radius 2 is 2.00 bits per heavy atom. The van der Waals surface area contributed by atoms with Crippen molar-refractivity contribution in [3.05, 3.63) is 35.9 Å². The average molecular weight is 248 g/mol. The summed E-state index contributed by atoms with van der Waals surface area (Å²) in [4.78, 5) is 24.0. The highest BCUT2D eigenvalue weighted by molar-refractivity contribution is 6.15. The Labute approximate surface area is 106 Å². The molecule has 0 aromatic heterocycles. The van der Waals surface area contributed by atoms with Gasteiger partial charge in [-0.1, -0.05) is 30.3 Å². The van der Waals surface area contributed by atoms with Gasteiger partial charge < -0.3 is 9.84 Å². The lowest BCUT2D eigenvalue weighted by atomic mass is 9.96. The van der Waals surface area contributed by atoms with Crippen LogP contribution in [0.5, 0.6) is 0 Å². The summed E-state index contributed by atoms with van der Waals surface area (Å²) in [6.07, 6.45) is -1.24. The van der Waals surface area contributed by atoms with E-state index < -0.39 is 18.1 Å². The second-order valence-corrected chi connectivity index (χ2v) is 4.59. The molecule has 0 saturated heterocycles. The number of carbonyl (C=O) groups excluding carboxylic acids is 2. The molecule has 3 atom stereocenters. The van der Waals surface area contributed by atoms with Crippen LogP contribution in [-0.4, -0.2) is 35.5 Å². The van der Waals surface area contributed by atoms with Crippen molar-refractivity contribution >= 4 is 11.6 Å². The van der Waals surface area contributed by atoms with Gasteiger partial charge in [-0.25, -0.2) is 0 Å². The van der Waals surface area contributed by atoms with Crippen molar-refractivity contribution in [2.45, 2.75) is 31.5 Å². The first-order valence-electron chi connectivity index (χ1n) is 6.00. The van der Waals surface area contributed by atoms with Crippen molar-refractivity contribution in [3.63, 3.8) is 0 Å². The topological polar surface area (TPSA) is 63.6 Å². The summed E-state index contributed by atoms with van der Waals surface area (Å²) < 4.78 is 5.28. The van der Waals surface area contributed by atoms with E-state index >= 15 is 0 Å². The zero-order chi connectivity index (χ0) is 13.1. The van der Waals surface area contributed by atoms with E-state index in [4.69, 9.17) is 9.84 Å². The minimum Gasteiger partial charge on any atom is -0.391 e. The van der Waals surface area contributed by atoms with Gasteiger partial charge in [-0.2, -0.15) is 0 Å². The quantitative estimate of drug-likeness (QED) is 0.810. The van der Waals surface area contributed by atoms with Crippen molar-refractivity contribution in [2.24, 2.45) is 0 Å². The predicted molar refractivity (Wildman–Crippen MR) is 65.2 cm³/mol. The molecular formula is C14H16O4. The highest BCUT2D eigenvalue weighted by Crippen LogP contribution is 2.30. The molecule has 1 N–H and O–H groups in total. The molecule has 3 unspecified atom stereocenters. The van der Waals surface area contributed by atoms with Crippen LogP contribution in [0.3, 0.4) is 0 Å². The summed E-state index contributed by atoms with van der Waals surface area (Å²) in [7, 11) is 0. The first-order valence-corrected chi connectivity index (χ1v) is 6.00. The van der Waals surface area contributed by atoms with Crippen LogP contribution in [0, 0.1) is 0 Å². The normalized spacial score (nSPS) is 25.4. The fourth-order valence-electron chi connectivity index (χ4n) is 2.14. The van der Waals surface area contributed by atoms with E-state index in [1.54, 1.807) is 31.2 Å². The van der Waals surface area contributed by atoms with Crippen LogP contribution in [0.25, 0.3) is 0 Å². The molecule has 1 aliphatic rings. The van der Waals surface area contributed by atoms with Gasteiger partial charge in [0, 0.05) is 6.42 Å². The summed E-state index contributed by atoms with van der Waals surface area (Å²) in [5, 5.41) is 9.13. The van der Waals surface area contributed by atoms with Crippen molar-refractivity contribution in [1.29, 1.82) is 0 Å². The average Bonchev–Trinajstić information content (AvgIpc) is 2.63. The second-order valence-electron chi connectivity index (χ2n) is 4.59. The van der Waals surface area contributed by atoms with Gasteiger partial charge in [-0.3, -0.25) is 9.59 Å². The van der Waals surface area contributed by atoms with Crippen LogP contribution < -0.4 is 0 Å². The second kappa shape index (κ2) is 5.42. The molecule has 2 rings (SSSR count). The zero-order valence-corrected chi connectivity index (χ0v) is 10.2. The van der Waals surface area contributed by atoms with E-state index in [0.717, 1.165) is 5.56 Å². The zero-order valence-electron chi connectivity index (χ0n) is 10.2. The number of Topliss-reactive ketones (excluding diaryl/α,β-unsaturated/α-hetero) is 2. The highest BCUT2D eigenvalue weighted by Gasteiger charge is 2.42. The molecule has 1 aromatic rings. The Morgan fingerprint density at radius 1 is 1.33 bits per heavy atom. The molecule has 0 bridgehead atoms. The number of benzene rings is 1. The molecule has 1 aromatic carbocycles. The predicted octanol–water partition coefficient (Wildman–Crippen LogP) is 1.08. The number of ether oxygens (including phenoxy) is 1. The number of aliphatic hydroxyl groups is 1. The van der Waals surface area contributed by atoms with Crippen molar-refractivity contribution in [2.75, 3.05) is 6.61 Å². The molecule has 0 heterocycles. The van der Waals surface area contributed by atoms with Crippen molar-refractivity contribution < 1.29 is 19.4 Å². The summed E-state index contributed by atoms with van der Waals surface area (Å²) in [5.74, 6) is -1.01. The number of ketones is 2. The SMILES string of the molecule is CC(O)COC1CC(=O)C(c2ccccc2)C1=O. The van der Waals surface area contributed by atoms with Crippen LogP contribution in [0.1, 0.15) is 24.8 Å². The molecule has 0 spiro atoms. The lowest BCUT2D eigenvalue weighted by Gasteiger charge is -2.12. The molecule has 4 nitrogen and oxygen atoms in total. The molecule has 0 radical (unpaired) electrons. The van der Waals surface area contributed by atoms with Gasteiger partial charge in [-0.05, 0) is 12.5 Å². The molecule has 1 saturated carbocycles. The lowest BCUT2D eigenvalue weighted by molar-refractivity contribution is -0.130. The maximum atomic E-state index is 12.1. The summed E-state index contributed by atoms with van der Waals surface area (Å²) in [6, 6.07) is 9.00. The first-order chi connectivity index (χ1) is 8.59. The van der Waals surface area contributed by atoms with Gasteiger partial charge in [0.15, 0.2) is 11.6 Å². The lowest BCUT2D eigenvalue weighted by Crippen LogP contribution is -2.25. The Hall–Kier alpha value is -1.52. The van der Waals surface area contributed by atoms with Crippen LogP contribution >= 0.6 is 0 Å². The number of hydrogen-bond acceptors (Lipinski definition) is 4. The summed E-state index contributed by atoms with van der Waals surface area (Å²) in [6.45, 7) is 1.65.